The summed E-state index contributed by atoms with van der Waals surface area (Å²) in [6.07, 6.45) is -4.50. The predicted molar refractivity (Wildman–Crippen MR) is 118 cm³/mol. The molecule has 4 nitrogen and oxygen atoms in total. The van der Waals surface area contributed by atoms with E-state index in [1.165, 1.54) is 42.1 Å². The van der Waals surface area contributed by atoms with Crippen LogP contribution in [-0.4, -0.2) is 43.1 Å². The Morgan fingerprint density at radius 2 is 1.61 bits per heavy atom. The first-order valence-corrected chi connectivity index (χ1v) is 10.8. The summed E-state index contributed by atoms with van der Waals surface area (Å²) < 4.78 is 38.8. The van der Waals surface area contributed by atoms with Crippen LogP contribution in [0.5, 0.6) is 0 Å². The number of halogens is 5. The number of imide groups is 1. The number of nitrogens with zero attached hydrogens (tertiary/aromatic N) is 2. The highest BCUT2D eigenvalue weighted by atomic mass is 35.5. The van der Waals surface area contributed by atoms with E-state index in [9.17, 15) is 22.8 Å². The second-order valence-corrected chi connectivity index (χ2v) is 8.89. The van der Waals surface area contributed by atoms with Crippen molar-refractivity contribution in [1.29, 1.82) is 0 Å². The van der Waals surface area contributed by atoms with Gasteiger partial charge in [0.25, 0.3) is 11.8 Å². The average Bonchev–Trinajstić information content (AvgIpc) is 2.93. The fourth-order valence-corrected chi connectivity index (χ4v) is 4.43. The number of anilines is 1. The molecule has 0 aromatic heterocycles. The molecule has 2 amide bonds. The van der Waals surface area contributed by atoms with Crippen LogP contribution in [0, 0.1) is 0 Å². The second-order valence-electron chi connectivity index (χ2n) is 6.98. The average molecular weight is 489 g/mol. The molecule has 0 bridgehead atoms. The highest BCUT2D eigenvalue weighted by molar-refractivity contribution is 8.04. The molecule has 2 aromatic rings. The van der Waals surface area contributed by atoms with Crippen LogP contribution >= 0.6 is 35.0 Å². The molecule has 0 atom stereocenters. The lowest BCUT2D eigenvalue weighted by Crippen LogP contribution is -2.31. The molecule has 0 radical (unpaired) electrons. The van der Waals surface area contributed by atoms with E-state index in [1.807, 2.05) is 19.0 Å². The van der Waals surface area contributed by atoms with E-state index in [0.29, 0.717) is 12.3 Å². The summed E-state index contributed by atoms with van der Waals surface area (Å²) in [5.41, 5.74) is -0.302. The van der Waals surface area contributed by atoms with Crippen LogP contribution in [-0.2, 0) is 15.8 Å². The summed E-state index contributed by atoms with van der Waals surface area (Å²) in [5.74, 6) is -0.668. The van der Waals surface area contributed by atoms with Crippen molar-refractivity contribution in [2.75, 3.05) is 31.3 Å². The van der Waals surface area contributed by atoms with E-state index in [1.54, 1.807) is 0 Å². The van der Waals surface area contributed by atoms with E-state index in [2.05, 4.69) is 0 Å². The first kappa shape index (κ1) is 23.7. The lowest BCUT2D eigenvalue weighted by atomic mass is 10.0. The summed E-state index contributed by atoms with van der Waals surface area (Å²) in [4.78, 5) is 29.4. The molecule has 0 fully saturated rings. The van der Waals surface area contributed by atoms with Crippen LogP contribution < -0.4 is 4.90 Å². The van der Waals surface area contributed by atoms with Gasteiger partial charge in [-0.1, -0.05) is 35.3 Å². The molecule has 3 rings (SSSR count). The number of thioether (sulfide) groups is 1. The van der Waals surface area contributed by atoms with Gasteiger partial charge in [0.15, 0.2) is 0 Å². The first-order valence-electron chi connectivity index (χ1n) is 9.04. The molecule has 2 aromatic carbocycles. The number of hydrogen-bond donors (Lipinski definition) is 0. The number of benzene rings is 2. The minimum Gasteiger partial charge on any atom is -0.309 e. The lowest BCUT2D eigenvalue weighted by Gasteiger charge is -2.16. The minimum absolute atomic E-state index is 0.0635. The van der Waals surface area contributed by atoms with Crippen molar-refractivity contribution in [3.8, 4) is 0 Å². The van der Waals surface area contributed by atoms with Gasteiger partial charge in [0.1, 0.15) is 0 Å². The van der Waals surface area contributed by atoms with Gasteiger partial charge in [-0.3, -0.25) is 9.59 Å². The fourth-order valence-electron chi connectivity index (χ4n) is 2.91. The standard InChI is InChI=1S/C21H17Cl2F3N2O2S/c1-27(2)9-10-31-18-17(12-3-5-13(6-4-12)21(24,25)26)19(29)28(20(18)30)14-7-8-15(22)16(23)11-14/h3-8,11H,9-10H2,1-2H3. The maximum atomic E-state index is 13.2. The van der Waals surface area contributed by atoms with Crippen molar-refractivity contribution in [3.63, 3.8) is 0 Å². The van der Waals surface area contributed by atoms with Crippen molar-refractivity contribution in [1.82, 2.24) is 4.90 Å². The van der Waals surface area contributed by atoms with E-state index >= 15 is 0 Å². The SMILES string of the molecule is CN(C)CCSC1=C(c2ccc(C(F)(F)F)cc2)C(=O)N(c2ccc(Cl)c(Cl)c2)C1=O. The Morgan fingerprint density at radius 3 is 2.16 bits per heavy atom. The molecule has 1 aliphatic heterocycles. The quantitative estimate of drug-likeness (QED) is 0.496. The summed E-state index contributed by atoms with van der Waals surface area (Å²) in [6, 6.07) is 8.55. The summed E-state index contributed by atoms with van der Waals surface area (Å²) in [6.45, 7) is 0.642. The Balaban J connectivity index is 2.03. The zero-order valence-electron chi connectivity index (χ0n) is 16.5. The third-order valence-electron chi connectivity index (χ3n) is 4.49. The molecule has 0 saturated carbocycles. The Labute approximate surface area is 191 Å². The van der Waals surface area contributed by atoms with Crippen molar-refractivity contribution in [2.24, 2.45) is 0 Å². The Kier molecular flexibility index (Phi) is 7.05. The maximum absolute atomic E-state index is 13.2. The van der Waals surface area contributed by atoms with E-state index in [-0.39, 0.29) is 31.8 Å². The van der Waals surface area contributed by atoms with Gasteiger partial charge in [-0.2, -0.15) is 13.2 Å². The van der Waals surface area contributed by atoms with Gasteiger partial charge in [-0.05, 0) is 50.0 Å². The molecule has 1 heterocycles. The van der Waals surface area contributed by atoms with Crippen molar-refractivity contribution >= 4 is 58.0 Å². The number of alkyl halides is 3. The van der Waals surface area contributed by atoms with Crippen LogP contribution in [0.1, 0.15) is 11.1 Å². The molecule has 0 aliphatic carbocycles. The normalized spacial score (nSPS) is 14.9. The number of carbonyl (C=O) groups is 2. The molecule has 0 unspecified atom stereocenters. The van der Waals surface area contributed by atoms with Crippen LogP contribution in [0.4, 0.5) is 18.9 Å². The Morgan fingerprint density at radius 1 is 0.968 bits per heavy atom. The molecule has 0 spiro atoms. The monoisotopic (exact) mass is 488 g/mol. The van der Waals surface area contributed by atoms with Gasteiger partial charge in [-0.25, -0.2) is 4.90 Å². The smallest absolute Gasteiger partial charge is 0.309 e. The maximum Gasteiger partial charge on any atom is 0.416 e. The van der Waals surface area contributed by atoms with Crippen molar-refractivity contribution in [2.45, 2.75) is 6.18 Å². The van der Waals surface area contributed by atoms with Gasteiger partial charge in [0.2, 0.25) is 0 Å². The Bertz CT molecular complexity index is 1050. The van der Waals surface area contributed by atoms with Crippen molar-refractivity contribution in [3.05, 3.63) is 68.5 Å². The number of carbonyl (C=O) groups excluding carboxylic acids is 2. The van der Waals surface area contributed by atoms with Crippen LogP contribution in [0.2, 0.25) is 10.0 Å². The van der Waals surface area contributed by atoms with E-state index in [4.69, 9.17) is 23.2 Å². The third kappa shape index (κ3) is 5.09. The van der Waals surface area contributed by atoms with Gasteiger partial charge in [0, 0.05) is 12.3 Å². The van der Waals surface area contributed by atoms with Gasteiger partial charge < -0.3 is 4.90 Å². The molecule has 10 heteroatoms. The van der Waals surface area contributed by atoms with Crippen LogP contribution in [0.3, 0.4) is 0 Å². The fraction of sp³-hybridized carbons (Fsp3) is 0.238. The zero-order valence-corrected chi connectivity index (χ0v) is 18.8. The largest absolute Gasteiger partial charge is 0.416 e. The molecule has 0 N–H and O–H groups in total. The Hall–Kier alpha value is -2.00. The zero-order chi connectivity index (χ0) is 22.9. The minimum atomic E-state index is -4.50. The predicted octanol–water partition coefficient (Wildman–Crippen LogP) is 5.59. The topological polar surface area (TPSA) is 40.6 Å². The molecule has 1 aliphatic rings. The summed E-state index contributed by atoms with van der Waals surface area (Å²) >= 11 is 13.2. The molecular formula is C21H17Cl2F3N2O2S. The molecule has 164 valence electrons. The summed E-state index contributed by atoms with van der Waals surface area (Å²) in [7, 11) is 3.74. The molecule has 31 heavy (non-hydrogen) atoms. The number of amides is 2. The van der Waals surface area contributed by atoms with Crippen LogP contribution in [0.25, 0.3) is 5.57 Å². The van der Waals surface area contributed by atoms with Gasteiger partial charge in [-0.15, -0.1) is 11.8 Å². The molecular weight excluding hydrogens is 472 g/mol. The van der Waals surface area contributed by atoms with Crippen molar-refractivity contribution < 1.29 is 22.8 Å². The van der Waals surface area contributed by atoms with E-state index in [0.717, 1.165) is 17.0 Å². The highest BCUT2D eigenvalue weighted by Crippen LogP contribution is 2.40. The lowest BCUT2D eigenvalue weighted by molar-refractivity contribution is -0.137. The summed E-state index contributed by atoms with van der Waals surface area (Å²) in [5, 5.41) is 0.436. The van der Waals surface area contributed by atoms with Crippen LogP contribution in [0.15, 0.2) is 47.4 Å². The molecule has 0 saturated heterocycles. The number of hydrogen-bond acceptors (Lipinski definition) is 4. The van der Waals surface area contributed by atoms with Gasteiger partial charge >= 0.3 is 6.18 Å². The number of rotatable bonds is 6. The van der Waals surface area contributed by atoms with E-state index < -0.39 is 23.6 Å². The first-order chi connectivity index (χ1) is 14.5. The second kappa shape index (κ2) is 9.24. The van der Waals surface area contributed by atoms with Gasteiger partial charge in [0.05, 0.1) is 31.8 Å². The third-order valence-corrected chi connectivity index (χ3v) is 6.28. The highest BCUT2D eigenvalue weighted by Gasteiger charge is 2.40.